The van der Waals surface area contributed by atoms with Crippen LogP contribution in [0, 0.1) is 22.7 Å². The fourth-order valence-electron chi connectivity index (χ4n) is 7.33. The molecule has 0 aliphatic rings. The van der Waals surface area contributed by atoms with Crippen LogP contribution < -0.4 is 0 Å². The summed E-state index contributed by atoms with van der Waals surface area (Å²) in [6, 6.07) is 59.0. The molecule has 0 N–H and O–H groups in total. The van der Waals surface area contributed by atoms with Crippen molar-refractivity contribution in [3.63, 3.8) is 0 Å². The van der Waals surface area contributed by atoms with Crippen LogP contribution in [0.3, 0.4) is 0 Å². The van der Waals surface area contributed by atoms with Crippen molar-refractivity contribution in [2.24, 2.45) is 0 Å². The van der Waals surface area contributed by atoms with E-state index < -0.39 is 0 Å². The number of nitriles is 2. The van der Waals surface area contributed by atoms with Gasteiger partial charge in [-0.1, -0.05) is 91.0 Å². The molecule has 7 aromatic carbocycles. The number of nitrogens with zero attached hydrogens (tertiary/aromatic N) is 4. The van der Waals surface area contributed by atoms with Crippen molar-refractivity contribution < 1.29 is 0 Å². The molecule has 0 spiro atoms. The predicted molar refractivity (Wildman–Crippen MR) is 195 cm³/mol. The van der Waals surface area contributed by atoms with Crippen LogP contribution in [0.2, 0.25) is 0 Å². The summed E-state index contributed by atoms with van der Waals surface area (Å²) in [6.45, 7) is 0. The SMILES string of the molecule is N#Cc1cccc(C#N)c1-c1cc(-c2cccc(-n3c4ccccc4c4ccccc43)c2)cc(-n2c3ccccc3c3ccccc32)c1. The summed E-state index contributed by atoms with van der Waals surface area (Å²) in [7, 11) is 0. The zero-order chi connectivity index (χ0) is 32.2. The van der Waals surface area contributed by atoms with Gasteiger partial charge in [0.25, 0.3) is 0 Å². The molecule has 2 heterocycles. The molecule has 0 aliphatic carbocycles. The Balaban J connectivity index is 1.34. The Bertz CT molecular complexity index is 2680. The molecule has 48 heavy (non-hydrogen) atoms. The molecule has 0 fully saturated rings. The number of benzene rings is 7. The summed E-state index contributed by atoms with van der Waals surface area (Å²) in [5.41, 5.74) is 10.9. The Morgan fingerprint density at radius 2 is 0.771 bits per heavy atom. The van der Waals surface area contributed by atoms with E-state index in [2.05, 4.69) is 161 Å². The average Bonchev–Trinajstić information content (AvgIpc) is 3.67. The smallest absolute Gasteiger partial charge is 0.0998 e. The zero-order valence-corrected chi connectivity index (χ0v) is 25.8. The number of hydrogen-bond donors (Lipinski definition) is 0. The van der Waals surface area contributed by atoms with E-state index in [0.717, 1.165) is 50.1 Å². The van der Waals surface area contributed by atoms with Gasteiger partial charge in [-0.2, -0.15) is 10.5 Å². The molecule has 0 bridgehead atoms. The summed E-state index contributed by atoms with van der Waals surface area (Å²) in [4.78, 5) is 0. The van der Waals surface area contributed by atoms with E-state index in [1.807, 2.05) is 0 Å². The molecule has 0 saturated heterocycles. The van der Waals surface area contributed by atoms with E-state index in [4.69, 9.17) is 0 Å². The van der Waals surface area contributed by atoms with Crippen molar-refractivity contribution >= 4 is 43.6 Å². The van der Waals surface area contributed by atoms with Crippen LogP contribution in [0.15, 0.2) is 158 Å². The Morgan fingerprint density at radius 1 is 0.354 bits per heavy atom. The first-order valence-corrected chi connectivity index (χ1v) is 15.9. The molecular formula is C44H26N4. The van der Waals surface area contributed by atoms with Gasteiger partial charge >= 0.3 is 0 Å². The molecule has 4 nitrogen and oxygen atoms in total. The molecule has 4 heteroatoms. The predicted octanol–water partition coefficient (Wildman–Crippen LogP) is 11.0. The second kappa shape index (κ2) is 10.9. The lowest BCUT2D eigenvalue weighted by atomic mass is 9.92. The van der Waals surface area contributed by atoms with E-state index in [1.165, 1.54) is 21.5 Å². The van der Waals surface area contributed by atoms with E-state index in [-0.39, 0.29) is 0 Å². The lowest BCUT2D eigenvalue weighted by Gasteiger charge is -2.16. The summed E-state index contributed by atoms with van der Waals surface area (Å²) in [6.07, 6.45) is 0. The minimum atomic E-state index is 0.471. The van der Waals surface area contributed by atoms with E-state index in [9.17, 15) is 10.5 Å². The van der Waals surface area contributed by atoms with Crippen LogP contribution >= 0.6 is 0 Å². The van der Waals surface area contributed by atoms with Gasteiger partial charge in [0.1, 0.15) is 0 Å². The van der Waals surface area contributed by atoms with Crippen molar-refractivity contribution in [3.8, 4) is 45.8 Å². The molecule has 222 valence electrons. The van der Waals surface area contributed by atoms with Gasteiger partial charge in [0.2, 0.25) is 0 Å². The van der Waals surface area contributed by atoms with Crippen molar-refractivity contribution in [2.75, 3.05) is 0 Å². The van der Waals surface area contributed by atoms with Crippen molar-refractivity contribution in [1.29, 1.82) is 10.5 Å². The lowest BCUT2D eigenvalue weighted by molar-refractivity contribution is 1.17. The summed E-state index contributed by atoms with van der Waals surface area (Å²) in [5, 5.41) is 25.1. The molecule has 0 radical (unpaired) electrons. The van der Waals surface area contributed by atoms with Crippen molar-refractivity contribution in [2.45, 2.75) is 0 Å². The standard InChI is InChI=1S/C44H26N4/c45-27-30-12-9-13-31(28-46)44(30)33-23-32(25-35(26-33)48-42-21-7-3-17-38(42)39-18-4-8-22-43(39)48)29-11-10-14-34(24-29)47-40-19-5-1-15-36(40)37-16-2-6-20-41(37)47/h1-26H. The third kappa shape index (κ3) is 4.14. The van der Waals surface area contributed by atoms with Crippen LogP contribution in [-0.4, -0.2) is 9.13 Å². The molecule has 0 aliphatic heterocycles. The van der Waals surface area contributed by atoms with Crippen LogP contribution in [0.1, 0.15) is 11.1 Å². The van der Waals surface area contributed by atoms with E-state index in [0.29, 0.717) is 16.7 Å². The monoisotopic (exact) mass is 610 g/mol. The fraction of sp³-hybridized carbons (Fsp3) is 0. The minimum absolute atomic E-state index is 0.471. The van der Waals surface area contributed by atoms with Gasteiger partial charge in [-0.25, -0.2) is 0 Å². The first-order valence-electron chi connectivity index (χ1n) is 15.9. The van der Waals surface area contributed by atoms with Gasteiger partial charge in [-0.3, -0.25) is 0 Å². The molecule has 0 unspecified atom stereocenters. The molecule has 9 rings (SSSR count). The number of hydrogen-bond acceptors (Lipinski definition) is 2. The summed E-state index contributed by atoms with van der Waals surface area (Å²) >= 11 is 0. The normalized spacial score (nSPS) is 11.3. The third-order valence-electron chi connectivity index (χ3n) is 9.37. The molecule has 2 aromatic heterocycles. The fourth-order valence-corrected chi connectivity index (χ4v) is 7.33. The average molecular weight is 611 g/mol. The zero-order valence-electron chi connectivity index (χ0n) is 25.8. The van der Waals surface area contributed by atoms with Crippen LogP contribution in [-0.2, 0) is 0 Å². The molecular weight excluding hydrogens is 585 g/mol. The van der Waals surface area contributed by atoms with E-state index in [1.54, 1.807) is 18.2 Å². The van der Waals surface area contributed by atoms with E-state index >= 15 is 0 Å². The number of rotatable bonds is 4. The second-order valence-electron chi connectivity index (χ2n) is 12.0. The van der Waals surface area contributed by atoms with Gasteiger partial charge in [0.15, 0.2) is 0 Å². The molecule has 0 atom stereocenters. The Hall–Kier alpha value is -6.88. The quantitative estimate of drug-likeness (QED) is 0.199. The highest BCUT2D eigenvalue weighted by atomic mass is 15.0. The lowest BCUT2D eigenvalue weighted by Crippen LogP contribution is -1.98. The van der Waals surface area contributed by atoms with Crippen molar-refractivity contribution in [3.05, 3.63) is 169 Å². The molecule has 0 saturated carbocycles. The topological polar surface area (TPSA) is 57.4 Å². The van der Waals surface area contributed by atoms with Gasteiger partial charge in [-0.15, -0.1) is 0 Å². The van der Waals surface area contributed by atoms with Gasteiger partial charge in [-0.05, 0) is 83.4 Å². The maximum Gasteiger partial charge on any atom is 0.0998 e. The van der Waals surface area contributed by atoms with Gasteiger partial charge < -0.3 is 9.13 Å². The highest BCUT2D eigenvalue weighted by Gasteiger charge is 2.18. The minimum Gasteiger partial charge on any atom is -0.309 e. The number of aromatic nitrogens is 2. The summed E-state index contributed by atoms with van der Waals surface area (Å²) < 4.78 is 4.61. The third-order valence-corrected chi connectivity index (χ3v) is 9.37. The highest BCUT2D eigenvalue weighted by Crippen LogP contribution is 2.39. The van der Waals surface area contributed by atoms with Crippen molar-refractivity contribution in [1.82, 2.24) is 9.13 Å². The maximum atomic E-state index is 10.2. The van der Waals surface area contributed by atoms with Crippen LogP contribution in [0.25, 0.3) is 77.2 Å². The van der Waals surface area contributed by atoms with Crippen LogP contribution in [0.4, 0.5) is 0 Å². The van der Waals surface area contributed by atoms with Gasteiger partial charge in [0, 0.05) is 38.5 Å². The first-order chi connectivity index (χ1) is 23.7. The number of fused-ring (bicyclic) bond motifs is 6. The van der Waals surface area contributed by atoms with Gasteiger partial charge in [0.05, 0.1) is 45.3 Å². The number of para-hydroxylation sites is 4. The summed E-state index contributed by atoms with van der Waals surface area (Å²) in [5.74, 6) is 0. The largest absolute Gasteiger partial charge is 0.309 e. The Morgan fingerprint density at radius 3 is 1.27 bits per heavy atom. The second-order valence-corrected chi connectivity index (χ2v) is 12.0. The maximum absolute atomic E-state index is 10.2. The molecule has 0 amide bonds. The Labute approximate surface area is 277 Å². The first kappa shape index (κ1) is 27.4. The Kier molecular flexibility index (Phi) is 6.22. The van der Waals surface area contributed by atoms with Crippen LogP contribution in [0.5, 0.6) is 0 Å². The highest BCUT2D eigenvalue weighted by molar-refractivity contribution is 6.10. The molecule has 9 aromatic rings.